The molecule has 0 aromatic heterocycles. The van der Waals surface area contributed by atoms with Crippen molar-refractivity contribution >= 4 is 23.4 Å². The van der Waals surface area contributed by atoms with Crippen LogP contribution in [0.3, 0.4) is 0 Å². The molecule has 43 heavy (non-hydrogen) atoms. The number of ether oxygens (including phenoxy) is 2. The van der Waals surface area contributed by atoms with Crippen LogP contribution in [-0.2, 0) is 23.9 Å². The molecule has 6 rings (SSSR count). The number of hydrogen-bond donors (Lipinski definition) is 2. The van der Waals surface area contributed by atoms with Crippen LogP contribution in [-0.4, -0.2) is 90.7 Å². The summed E-state index contributed by atoms with van der Waals surface area (Å²) in [5, 5.41) is 6.39. The third-order valence-corrected chi connectivity index (χ3v) is 10.8. The Morgan fingerprint density at radius 1 is 1.05 bits per heavy atom. The first kappa shape index (κ1) is 30.3. The van der Waals surface area contributed by atoms with Gasteiger partial charge in [-0.1, -0.05) is 64.8 Å². The van der Waals surface area contributed by atoms with E-state index in [2.05, 4.69) is 43.2 Å². The van der Waals surface area contributed by atoms with E-state index in [4.69, 9.17) is 9.47 Å². The molecule has 1 saturated carbocycles. The average Bonchev–Trinajstić information content (AvgIpc) is 3.64. The zero-order valence-electron chi connectivity index (χ0n) is 26.1. The molecule has 8 atom stereocenters. The number of amides is 3. The van der Waals surface area contributed by atoms with Crippen LogP contribution in [0.5, 0.6) is 0 Å². The summed E-state index contributed by atoms with van der Waals surface area (Å²) in [5.41, 5.74) is 0.743. The molecule has 1 spiro atoms. The van der Waals surface area contributed by atoms with Crippen molar-refractivity contribution in [1.82, 2.24) is 15.1 Å². The highest BCUT2D eigenvalue weighted by Crippen LogP contribution is 2.55. The first-order valence-corrected chi connectivity index (χ1v) is 16.4. The van der Waals surface area contributed by atoms with E-state index >= 15 is 0 Å². The maximum atomic E-state index is 14.3. The van der Waals surface area contributed by atoms with Gasteiger partial charge in [-0.2, -0.15) is 0 Å². The quantitative estimate of drug-likeness (QED) is 0.426. The van der Waals surface area contributed by atoms with Gasteiger partial charge in [-0.15, -0.1) is 0 Å². The summed E-state index contributed by atoms with van der Waals surface area (Å²) in [6.45, 7) is 13.2. The molecule has 1 aliphatic carbocycles. The minimum Gasteiger partial charge on any atom is -0.379 e. The number of rotatable bonds is 9. The lowest BCUT2D eigenvalue weighted by Crippen LogP contribution is -2.58. The summed E-state index contributed by atoms with van der Waals surface area (Å²) < 4.78 is 12.0. The first-order valence-electron chi connectivity index (χ1n) is 16.4. The topological polar surface area (TPSA) is 100 Å². The van der Waals surface area contributed by atoms with Crippen molar-refractivity contribution in [3.05, 3.63) is 42.0 Å². The third-order valence-electron chi connectivity index (χ3n) is 10.8. The fourth-order valence-electron chi connectivity index (χ4n) is 8.02. The number of morpholine rings is 1. The molecule has 0 unspecified atom stereocenters. The molecule has 2 bridgehead atoms. The van der Waals surface area contributed by atoms with Crippen molar-refractivity contribution in [3.63, 3.8) is 0 Å². The summed E-state index contributed by atoms with van der Waals surface area (Å²) in [4.78, 5) is 46.4. The van der Waals surface area contributed by atoms with Gasteiger partial charge in [0, 0.05) is 37.9 Å². The fourth-order valence-corrected chi connectivity index (χ4v) is 8.02. The van der Waals surface area contributed by atoms with Gasteiger partial charge in [-0.05, 0) is 48.3 Å². The lowest BCUT2D eigenvalue weighted by molar-refractivity contribution is -0.141. The van der Waals surface area contributed by atoms with Gasteiger partial charge >= 0.3 is 0 Å². The van der Waals surface area contributed by atoms with Crippen LogP contribution in [0.25, 0.3) is 0 Å². The number of carbonyl (C=O) groups is 3. The Morgan fingerprint density at radius 2 is 1.79 bits per heavy atom. The number of nitrogens with one attached hydrogen (secondary N) is 2. The van der Waals surface area contributed by atoms with Gasteiger partial charge in [0.1, 0.15) is 11.6 Å². The molecule has 0 radical (unpaired) electrons. The molecular weight excluding hydrogens is 544 g/mol. The summed E-state index contributed by atoms with van der Waals surface area (Å²) in [5.74, 6) is -0.721. The Labute approximate surface area is 255 Å². The summed E-state index contributed by atoms with van der Waals surface area (Å²) in [6, 6.07) is 7.11. The van der Waals surface area contributed by atoms with E-state index in [9.17, 15) is 14.4 Å². The molecule has 3 amide bonds. The number of benzene rings is 1. The van der Waals surface area contributed by atoms with Crippen LogP contribution in [0, 0.1) is 23.7 Å². The predicted molar refractivity (Wildman–Crippen MR) is 164 cm³/mol. The van der Waals surface area contributed by atoms with Crippen LogP contribution in [0.2, 0.25) is 0 Å². The predicted octanol–water partition coefficient (Wildman–Crippen LogP) is 3.56. The highest BCUT2D eigenvalue weighted by molar-refractivity contribution is 6.02. The number of anilines is 1. The molecule has 4 heterocycles. The van der Waals surface area contributed by atoms with Crippen molar-refractivity contribution in [3.8, 4) is 0 Å². The maximum Gasteiger partial charge on any atom is 0.246 e. The zero-order chi connectivity index (χ0) is 30.3. The largest absolute Gasteiger partial charge is 0.379 e. The second kappa shape index (κ2) is 12.3. The molecule has 4 fully saturated rings. The minimum atomic E-state index is -1.14. The SMILES string of the molecule is CC(C)c1ccc(NC(=O)[C@@H]2[C@@H]3C=C[C@]4(O3)[C@@H]2C(=O)N(CCCN2CCOCC2)[C@H]4C(=O)N[C@@H]2CCC[C@H](C)[C@@H]2C)cc1. The van der Waals surface area contributed by atoms with Crippen LogP contribution < -0.4 is 10.6 Å². The first-order chi connectivity index (χ1) is 20.7. The molecule has 1 aromatic rings. The Kier molecular flexibility index (Phi) is 8.68. The minimum absolute atomic E-state index is 0.0625. The molecule has 5 aliphatic rings. The van der Waals surface area contributed by atoms with E-state index in [0.717, 1.165) is 38.9 Å². The smallest absolute Gasteiger partial charge is 0.246 e. The third kappa shape index (κ3) is 5.64. The Morgan fingerprint density at radius 3 is 2.51 bits per heavy atom. The van der Waals surface area contributed by atoms with Gasteiger partial charge in [0.2, 0.25) is 17.7 Å². The molecular formula is C34H48N4O5. The van der Waals surface area contributed by atoms with Gasteiger partial charge in [0.15, 0.2) is 0 Å². The number of hydrogen-bond acceptors (Lipinski definition) is 6. The van der Waals surface area contributed by atoms with Crippen molar-refractivity contribution in [2.75, 3.05) is 44.7 Å². The van der Waals surface area contributed by atoms with Gasteiger partial charge in [0.25, 0.3) is 0 Å². The van der Waals surface area contributed by atoms with Crippen molar-refractivity contribution in [2.24, 2.45) is 23.7 Å². The molecule has 234 valence electrons. The maximum absolute atomic E-state index is 14.3. The van der Waals surface area contributed by atoms with E-state index < -0.39 is 29.6 Å². The van der Waals surface area contributed by atoms with E-state index in [1.54, 1.807) is 4.90 Å². The average molecular weight is 593 g/mol. The Bertz CT molecular complexity index is 1230. The highest BCUT2D eigenvalue weighted by Gasteiger charge is 2.72. The van der Waals surface area contributed by atoms with Crippen molar-refractivity contribution in [2.45, 2.75) is 83.1 Å². The standard InChI is InChI=1S/C34H48N4O5/c1-21(2)24-9-11-25(12-10-24)35-31(39)28-27-13-14-34(43-27)29(28)33(41)38(16-6-15-37-17-19-42-20-18-37)30(34)32(40)36-26-8-5-7-22(3)23(26)4/h9-14,21-23,26-30H,5-8,15-20H2,1-4H3,(H,35,39)(H,36,40)/t22-,23-,26+,27-,28+,29-,30-,34-/m0/s1. The monoisotopic (exact) mass is 592 g/mol. The highest BCUT2D eigenvalue weighted by atomic mass is 16.5. The van der Waals surface area contributed by atoms with Crippen LogP contribution in [0.1, 0.15) is 64.9 Å². The van der Waals surface area contributed by atoms with Gasteiger partial charge in [0.05, 0.1) is 31.2 Å². The Balaban J connectivity index is 1.23. The summed E-state index contributed by atoms with van der Waals surface area (Å²) >= 11 is 0. The molecule has 3 saturated heterocycles. The van der Waals surface area contributed by atoms with E-state index in [0.29, 0.717) is 43.2 Å². The molecule has 1 aromatic carbocycles. The second-order valence-corrected chi connectivity index (χ2v) is 13.7. The molecule has 4 aliphatic heterocycles. The Hall–Kier alpha value is -2.75. The fraction of sp³-hybridized carbons (Fsp3) is 0.676. The zero-order valence-corrected chi connectivity index (χ0v) is 26.1. The molecule has 9 nitrogen and oxygen atoms in total. The number of likely N-dealkylation sites (tertiary alicyclic amines) is 1. The summed E-state index contributed by atoms with van der Waals surface area (Å²) in [6.07, 6.45) is 7.17. The lowest BCUT2D eigenvalue weighted by Gasteiger charge is -2.38. The lowest BCUT2D eigenvalue weighted by atomic mass is 9.73. The number of nitrogens with zero attached hydrogens (tertiary/aromatic N) is 2. The van der Waals surface area contributed by atoms with Crippen LogP contribution in [0.4, 0.5) is 5.69 Å². The number of carbonyl (C=O) groups excluding carboxylic acids is 3. The van der Waals surface area contributed by atoms with Gasteiger partial charge in [-0.3, -0.25) is 19.3 Å². The normalized spacial score (nSPS) is 35.4. The van der Waals surface area contributed by atoms with Crippen LogP contribution >= 0.6 is 0 Å². The number of fused-ring (bicyclic) bond motifs is 1. The van der Waals surface area contributed by atoms with E-state index in [1.165, 1.54) is 12.0 Å². The second-order valence-electron chi connectivity index (χ2n) is 13.7. The van der Waals surface area contributed by atoms with Gasteiger partial charge < -0.3 is 25.0 Å². The van der Waals surface area contributed by atoms with E-state index in [-0.39, 0.29) is 23.8 Å². The molecule has 2 N–H and O–H groups in total. The van der Waals surface area contributed by atoms with Crippen LogP contribution in [0.15, 0.2) is 36.4 Å². The van der Waals surface area contributed by atoms with Gasteiger partial charge in [-0.25, -0.2) is 0 Å². The van der Waals surface area contributed by atoms with E-state index in [1.807, 2.05) is 36.4 Å². The van der Waals surface area contributed by atoms with Crippen molar-refractivity contribution in [1.29, 1.82) is 0 Å². The van der Waals surface area contributed by atoms with Crippen molar-refractivity contribution < 1.29 is 23.9 Å². The summed E-state index contributed by atoms with van der Waals surface area (Å²) in [7, 11) is 0. The molecule has 9 heteroatoms.